The number of fused-ring (bicyclic) bond motifs is 1. The van der Waals surface area contributed by atoms with Gasteiger partial charge >= 0.3 is 12.1 Å². The number of ether oxygens (including phenoxy) is 2. The molecule has 5 N–H and O–H groups in total. The third-order valence-electron chi connectivity index (χ3n) is 4.99. The molecule has 0 fully saturated rings. The van der Waals surface area contributed by atoms with E-state index in [-0.39, 0.29) is 33.6 Å². The smallest absolute Gasteiger partial charge is 0.401 e. The lowest BCUT2D eigenvalue weighted by atomic mass is 10.00. The fraction of sp³-hybridized carbons (Fsp3) is 0.217. The molecule has 10 nitrogen and oxygen atoms in total. The van der Waals surface area contributed by atoms with Crippen LogP contribution in [0.15, 0.2) is 36.8 Å². The first-order chi connectivity index (χ1) is 18.0. The third kappa shape index (κ3) is 6.73. The Kier molecular flexibility index (Phi) is 9.20. The second-order valence-corrected chi connectivity index (χ2v) is 8.27. The number of hydrogen-bond donors (Lipinski definition) is 4. The van der Waals surface area contributed by atoms with Crippen LogP contribution in [0.25, 0.3) is 22.2 Å². The molecule has 0 atom stereocenters. The van der Waals surface area contributed by atoms with E-state index in [1.54, 1.807) is 12.1 Å². The van der Waals surface area contributed by atoms with Crippen molar-refractivity contribution in [2.75, 3.05) is 26.5 Å². The zero-order valence-corrected chi connectivity index (χ0v) is 21.4. The minimum Gasteiger partial charge on any atom is -0.495 e. The Hall–Kier alpha value is -3.81. The van der Waals surface area contributed by atoms with Crippen LogP contribution in [0.4, 0.5) is 19.1 Å². The van der Waals surface area contributed by atoms with Crippen LogP contribution < -0.4 is 20.5 Å². The van der Waals surface area contributed by atoms with E-state index >= 15 is 0 Å². The molecular formula is C23H21Cl2F3N6O4. The van der Waals surface area contributed by atoms with Gasteiger partial charge in [0.2, 0.25) is 0 Å². The van der Waals surface area contributed by atoms with Crippen LogP contribution in [0.2, 0.25) is 10.0 Å². The largest absolute Gasteiger partial charge is 0.495 e. The molecule has 0 saturated carbocycles. The molecule has 2 aromatic heterocycles. The van der Waals surface area contributed by atoms with Crippen molar-refractivity contribution in [3.05, 3.63) is 58.1 Å². The number of carboxylic acid groups (broad SMARTS) is 1. The Balaban J connectivity index is 0.000000260. The number of rotatable bonds is 7. The third-order valence-corrected chi connectivity index (χ3v) is 5.74. The highest BCUT2D eigenvalue weighted by atomic mass is 35.5. The molecule has 2 aromatic carbocycles. The first-order valence-corrected chi connectivity index (χ1v) is 11.4. The normalized spacial score (nSPS) is 11.1. The Morgan fingerprint density at radius 2 is 1.68 bits per heavy atom. The van der Waals surface area contributed by atoms with Crippen molar-refractivity contribution in [2.24, 2.45) is 0 Å². The number of nitrogen functional groups attached to an aromatic ring is 1. The van der Waals surface area contributed by atoms with E-state index in [4.69, 9.17) is 38.4 Å². The van der Waals surface area contributed by atoms with Crippen LogP contribution in [0.5, 0.6) is 11.5 Å². The van der Waals surface area contributed by atoms with Gasteiger partial charge in [0, 0.05) is 36.1 Å². The molecule has 0 aliphatic carbocycles. The lowest BCUT2D eigenvalue weighted by molar-refractivity contribution is -0.125. The molecule has 0 aliphatic heterocycles. The number of carboxylic acids is 1. The van der Waals surface area contributed by atoms with Gasteiger partial charge in [0.05, 0.1) is 53.8 Å². The SMILES string of the molecule is COc1cc(OC)c(Cl)c(-c2ccc(C(=O)O)c3nccnc23)c1Cl.Nc1ncc(CNCC(F)(F)F)[nH]1. The zero-order valence-electron chi connectivity index (χ0n) is 19.9. The van der Waals surface area contributed by atoms with Crippen LogP contribution >= 0.6 is 23.2 Å². The maximum absolute atomic E-state index is 11.7. The van der Waals surface area contributed by atoms with Crippen LogP contribution in [-0.2, 0) is 6.54 Å². The van der Waals surface area contributed by atoms with Gasteiger partial charge in [-0.05, 0) is 6.07 Å². The number of anilines is 1. The van der Waals surface area contributed by atoms with Gasteiger partial charge in [-0.2, -0.15) is 13.2 Å². The van der Waals surface area contributed by atoms with Crippen molar-refractivity contribution in [2.45, 2.75) is 12.7 Å². The van der Waals surface area contributed by atoms with Gasteiger partial charge in [-0.25, -0.2) is 9.78 Å². The van der Waals surface area contributed by atoms with Gasteiger partial charge in [0.25, 0.3) is 0 Å². The molecule has 38 heavy (non-hydrogen) atoms. The van der Waals surface area contributed by atoms with Gasteiger partial charge in [0.15, 0.2) is 5.95 Å². The van der Waals surface area contributed by atoms with E-state index in [1.165, 1.54) is 38.9 Å². The summed E-state index contributed by atoms with van der Waals surface area (Å²) in [6.45, 7) is -0.949. The number of imidazole rings is 1. The molecule has 15 heteroatoms. The number of halogens is 5. The molecule has 0 unspecified atom stereocenters. The standard InChI is InChI=1S/C17H12Cl2N2O4.C6H9F3N4/c1-24-10-7-11(25-2)14(19)12(13(10)18)8-3-4-9(17(22)23)16-15(8)20-5-6-21-16;7-6(8,9)3-11-1-4-2-12-5(10)13-4/h3-7H,1-2H3,(H,22,23);2,11H,1,3H2,(H3,10,12,13). The maximum atomic E-state index is 11.7. The average Bonchev–Trinajstić information content (AvgIpc) is 3.28. The second-order valence-electron chi connectivity index (χ2n) is 7.52. The van der Waals surface area contributed by atoms with Crippen LogP contribution in [0.3, 0.4) is 0 Å². The number of nitrogens with zero attached hydrogens (tertiary/aromatic N) is 3. The van der Waals surface area contributed by atoms with E-state index in [2.05, 4.69) is 25.3 Å². The van der Waals surface area contributed by atoms with E-state index in [1.807, 2.05) is 0 Å². The summed E-state index contributed by atoms with van der Waals surface area (Å²) in [6, 6.07) is 4.60. The quantitative estimate of drug-likeness (QED) is 0.241. The molecule has 0 amide bonds. The fourth-order valence-electron chi connectivity index (χ4n) is 3.36. The number of nitrogens with one attached hydrogen (secondary N) is 2. The highest BCUT2D eigenvalue weighted by Gasteiger charge is 2.26. The topological polar surface area (TPSA) is 148 Å². The average molecular weight is 573 g/mol. The number of nitrogens with two attached hydrogens (primary N) is 1. The van der Waals surface area contributed by atoms with Crippen molar-refractivity contribution >= 4 is 46.2 Å². The van der Waals surface area contributed by atoms with Crippen LogP contribution in [0, 0.1) is 0 Å². The highest BCUT2D eigenvalue weighted by molar-refractivity contribution is 6.41. The van der Waals surface area contributed by atoms with Crippen LogP contribution in [0.1, 0.15) is 16.1 Å². The molecule has 4 aromatic rings. The number of carbonyl (C=O) groups is 1. The highest BCUT2D eigenvalue weighted by Crippen LogP contribution is 2.47. The zero-order chi connectivity index (χ0) is 28.0. The minimum atomic E-state index is -4.19. The summed E-state index contributed by atoms with van der Waals surface area (Å²) in [5.74, 6) is -0.157. The summed E-state index contributed by atoms with van der Waals surface area (Å²) in [5.41, 5.74) is 7.35. The number of aromatic amines is 1. The molecule has 4 rings (SSSR count). The first kappa shape index (κ1) is 28.8. The molecule has 0 spiro atoms. The van der Waals surface area contributed by atoms with Gasteiger partial charge in [-0.15, -0.1) is 0 Å². The molecule has 2 heterocycles. The number of benzene rings is 2. The summed E-state index contributed by atoms with van der Waals surface area (Å²) in [7, 11) is 2.95. The number of alkyl halides is 3. The monoisotopic (exact) mass is 572 g/mol. The van der Waals surface area contributed by atoms with Gasteiger partial charge in [0.1, 0.15) is 17.0 Å². The molecule has 0 radical (unpaired) electrons. The van der Waals surface area contributed by atoms with Crippen molar-refractivity contribution in [3.8, 4) is 22.6 Å². The maximum Gasteiger partial charge on any atom is 0.401 e. The summed E-state index contributed by atoms with van der Waals surface area (Å²) in [6.07, 6.45) is 0.0921. The summed E-state index contributed by atoms with van der Waals surface area (Å²) < 4.78 is 45.5. The first-order valence-electron chi connectivity index (χ1n) is 10.6. The van der Waals surface area contributed by atoms with Crippen molar-refractivity contribution < 1.29 is 32.5 Å². The molecule has 202 valence electrons. The van der Waals surface area contributed by atoms with E-state index in [0.717, 1.165) is 0 Å². The number of H-pyrrole nitrogens is 1. The van der Waals surface area contributed by atoms with Crippen LogP contribution in [-0.4, -0.2) is 58.0 Å². The lowest BCUT2D eigenvalue weighted by Crippen LogP contribution is -2.28. The molecule has 0 saturated heterocycles. The lowest BCUT2D eigenvalue weighted by Gasteiger charge is -2.16. The Morgan fingerprint density at radius 1 is 1.08 bits per heavy atom. The number of aromatic carboxylic acids is 1. The Labute approximate surface area is 223 Å². The summed E-state index contributed by atoms with van der Waals surface area (Å²) >= 11 is 12.9. The molecule has 0 bridgehead atoms. The Morgan fingerprint density at radius 3 is 2.18 bits per heavy atom. The van der Waals surface area contributed by atoms with Gasteiger partial charge < -0.3 is 30.6 Å². The Bertz CT molecular complexity index is 1420. The molecular weight excluding hydrogens is 552 g/mol. The molecule has 0 aliphatic rings. The number of methoxy groups -OCH3 is 2. The van der Waals surface area contributed by atoms with Gasteiger partial charge in [-0.1, -0.05) is 29.3 Å². The van der Waals surface area contributed by atoms with Crippen molar-refractivity contribution in [1.29, 1.82) is 0 Å². The number of aromatic nitrogens is 4. The summed E-state index contributed by atoms with van der Waals surface area (Å²) in [5, 5.41) is 12.1. The fourth-order valence-corrected chi connectivity index (χ4v) is 4.06. The second kappa shape index (κ2) is 12.2. The van der Waals surface area contributed by atoms with Gasteiger partial charge in [-0.3, -0.25) is 9.97 Å². The van der Waals surface area contributed by atoms with Crippen molar-refractivity contribution in [3.63, 3.8) is 0 Å². The van der Waals surface area contributed by atoms with E-state index in [9.17, 15) is 23.1 Å². The summed E-state index contributed by atoms with van der Waals surface area (Å²) in [4.78, 5) is 26.1. The predicted molar refractivity (Wildman–Crippen MR) is 136 cm³/mol. The van der Waals surface area contributed by atoms with E-state index in [0.29, 0.717) is 33.8 Å². The van der Waals surface area contributed by atoms with Crippen molar-refractivity contribution in [1.82, 2.24) is 25.3 Å². The number of hydrogen-bond acceptors (Lipinski definition) is 8. The minimum absolute atomic E-state index is 0.0361. The predicted octanol–water partition coefficient (Wildman–Crippen LogP) is 4.96. The van der Waals surface area contributed by atoms with E-state index < -0.39 is 18.7 Å².